The van der Waals surface area contributed by atoms with Crippen molar-refractivity contribution in [3.63, 3.8) is 0 Å². The number of carbonyl (C=O) groups is 1. The Balaban J connectivity index is 2.67. The summed E-state index contributed by atoms with van der Waals surface area (Å²) in [6, 6.07) is 7.14. The van der Waals surface area contributed by atoms with Gasteiger partial charge in [0.2, 0.25) is 15.9 Å². The number of benzene rings is 1. The highest BCUT2D eigenvalue weighted by Gasteiger charge is 2.19. The summed E-state index contributed by atoms with van der Waals surface area (Å²) in [6.45, 7) is 4.63. The first-order valence-corrected chi connectivity index (χ1v) is 9.98. The fourth-order valence-electron chi connectivity index (χ4n) is 2.29. The van der Waals surface area contributed by atoms with Crippen LogP contribution in [0.25, 0.3) is 0 Å². The SMILES string of the molecule is CCC(CC)C(=O)NCCN(Cc1ccccc1Cl)S(C)(=O)=O. The quantitative estimate of drug-likeness (QED) is 0.736. The van der Waals surface area contributed by atoms with Gasteiger partial charge in [-0.1, -0.05) is 43.6 Å². The number of amides is 1. The Kier molecular flexibility index (Phi) is 8.02. The van der Waals surface area contributed by atoms with Crippen molar-refractivity contribution in [2.24, 2.45) is 5.92 Å². The van der Waals surface area contributed by atoms with E-state index < -0.39 is 10.0 Å². The number of halogens is 1. The molecule has 0 unspecified atom stereocenters. The van der Waals surface area contributed by atoms with E-state index in [-0.39, 0.29) is 31.5 Å². The first-order valence-electron chi connectivity index (χ1n) is 7.75. The number of hydrogen-bond donors (Lipinski definition) is 1. The molecule has 0 aliphatic rings. The van der Waals surface area contributed by atoms with E-state index in [0.717, 1.165) is 24.7 Å². The second-order valence-electron chi connectivity index (χ2n) is 5.49. The van der Waals surface area contributed by atoms with Gasteiger partial charge in [0.15, 0.2) is 0 Å². The zero-order valence-corrected chi connectivity index (χ0v) is 15.5. The van der Waals surface area contributed by atoms with E-state index in [1.54, 1.807) is 18.2 Å². The Morgan fingerprint density at radius 1 is 1.26 bits per heavy atom. The Morgan fingerprint density at radius 2 is 1.87 bits per heavy atom. The summed E-state index contributed by atoms with van der Waals surface area (Å²) in [7, 11) is -3.39. The van der Waals surface area contributed by atoms with Crippen LogP contribution in [0.15, 0.2) is 24.3 Å². The molecule has 5 nitrogen and oxygen atoms in total. The number of nitrogens with one attached hydrogen (secondary N) is 1. The van der Waals surface area contributed by atoms with Crippen LogP contribution in [0.3, 0.4) is 0 Å². The average molecular weight is 361 g/mol. The van der Waals surface area contributed by atoms with Crippen LogP contribution in [0, 0.1) is 5.92 Å². The third-order valence-corrected chi connectivity index (χ3v) is 5.41. The van der Waals surface area contributed by atoms with Crippen LogP contribution in [0.4, 0.5) is 0 Å². The van der Waals surface area contributed by atoms with Crippen molar-refractivity contribution in [2.45, 2.75) is 33.2 Å². The molecule has 0 spiro atoms. The maximum Gasteiger partial charge on any atom is 0.223 e. The fraction of sp³-hybridized carbons (Fsp3) is 0.562. The first-order chi connectivity index (χ1) is 10.8. The molecule has 0 bridgehead atoms. The van der Waals surface area contributed by atoms with Crippen LogP contribution in [0.2, 0.25) is 5.02 Å². The number of hydrogen-bond acceptors (Lipinski definition) is 3. The molecule has 0 radical (unpaired) electrons. The van der Waals surface area contributed by atoms with Crippen LogP contribution in [0.5, 0.6) is 0 Å². The predicted molar refractivity (Wildman–Crippen MR) is 93.8 cm³/mol. The fourth-order valence-corrected chi connectivity index (χ4v) is 3.28. The van der Waals surface area contributed by atoms with Gasteiger partial charge in [-0.05, 0) is 24.5 Å². The van der Waals surface area contributed by atoms with Gasteiger partial charge in [0.1, 0.15) is 0 Å². The standard InChI is InChI=1S/C16H25ClN2O3S/c1-4-13(5-2)16(20)18-10-11-19(23(3,21)22)12-14-8-6-7-9-15(14)17/h6-9,13H,4-5,10-12H2,1-3H3,(H,18,20). The summed E-state index contributed by atoms with van der Waals surface area (Å²) in [6.07, 6.45) is 2.71. The third kappa shape index (κ3) is 6.49. The topological polar surface area (TPSA) is 66.5 Å². The highest BCUT2D eigenvalue weighted by atomic mass is 35.5. The molecule has 0 aliphatic heterocycles. The zero-order valence-electron chi connectivity index (χ0n) is 13.9. The van der Waals surface area contributed by atoms with Gasteiger partial charge in [0.05, 0.1) is 6.26 Å². The van der Waals surface area contributed by atoms with E-state index in [0.29, 0.717) is 5.02 Å². The molecule has 0 fully saturated rings. The Bertz CT molecular complexity index is 616. The van der Waals surface area contributed by atoms with Gasteiger partial charge in [-0.15, -0.1) is 0 Å². The van der Waals surface area contributed by atoms with E-state index in [1.807, 2.05) is 19.9 Å². The minimum absolute atomic E-state index is 0.0229. The molecular weight excluding hydrogens is 336 g/mol. The second kappa shape index (κ2) is 9.25. The second-order valence-corrected chi connectivity index (χ2v) is 7.88. The van der Waals surface area contributed by atoms with Gasteiger partial charge in [-0.2, -0.15) is 4.31 Å². The predicted octanol–water partition coefficient (Wildman–Crippen LogP) is 2.65. The lowest BCUT2D eigenvalue weighted by molar-refractivity contribution is -0.125. The van der Waals surface area contributed by atoms with Crippen molar-refractivity contribution in [3.8, 4) is 0 Å². The van der Waals surface area contributed by atoms with E-state index in [4.69, 9.17) is 11.6 Å². The van der Waals surface area contributed by atoms with Gasteiger partial charge >= 0.3 is 0 Å². The van der Waals surface area contributed by atoms with Gasteiger partial charge < -0.3 is 5.32 Å². The molecule has 1 aromatic rings. The average Bonchev–Trinajstić information content (AvgIpc) is 2.48. The molecule has 0 saturated carbocycles. The van der Waals surface area contributed by atoms with Crippen molar-refractivity contribution < 1.29 is 13.2 Å². The normalized spacial score (nSPS) is 11.9. The van der Waals surface area contributed by atoms with E-state index in [1.165, 1.54) is 4.31 Å². The zero-order chi connectivity index (χ0) is 17.5. The number of sulfonamides is 1. The van der Waals surface area contributed by atoms with Crippen LogP contribution in [-0.4, -0.2) is 38.0 Å². The molecule has 1 N–H and O–H groups in total. The van der Waals surface area contributed by atoms with Crippen molar-refractivity contribution in [1.29, 1.82) is 0 Å². The third-order valence-electron chi connectivity index (χ3n) is 3.79. The first kappa shape index (κ1) is 19.9. The monoisotopic (exact) mass is 360 g/mol. The molecule has 0 aromatic heterocycles. The molecule has 0 aliphatic carbocycles. The molecule has 1 rings (SSSR count). The summed E-state index contributed by atoms with van der Waals surface area (Å²) in [4.78, 5) is 11.9. The molecule has 1 amide bonds. The Labute approximate surface area is 144 Å². The lowest BCUT2D eigenvalue weighted by Gasteiger charge is -2.21. The van der Waals surface area contributed by atoms with E-state index in [9.17, 15) is 13.2 Å². The molecule has 0 saturated heterocycles. The molecule has 130 valence electrons. The molecule has 0 atom stereocenters. The molecular formula is C16H25ClN2O3S. The highest BCUT2D eigenvalue weighted by Crippen LogP contribution is 2.18. The lowest BCUT2D eigenvalue weighted by Crippen LogP contribution is -2.39. The highest BCUT2D eigenvalue weighted by molar-refractivity contribution is 7.88. The van der Waals surface area contributed by atoms with Crippen molar-refractivity contribution in [1.82, 2.24) is 9.62 Å². The number of carbonyl (C=O) groups excluding carboxylic acids is 1. The summed E-state index contributed by atoms with van der Waals surface area (Å²) < 4.78 is 25.2. The maximum absolute atomic E-state index is 11.9. The van der Waals surface area contributed by atoms with Crippen LogP contribution >= 0.6 is 11.6 Å². The lowest BCUT2D eigenvalue weighted by atomic mass is 10.0. The van der Waals surface area contributed by atoms with Crippen molar-refractivity contribution in [3.05, 3.63) is 34.9 Å². The Hall–Kier alpha value is -1.11. The summed E-state index contributed by atoms with van der Waals surface area (Å²) >= 11 is 6.09. The number of rotatable bonds is 9. The smallest absolute Gasteiger partial charge is 0.223 e. The van der Waals surface area contributed by atoms with E-state index >= 15 is 0 Å². The van der Waals surface area contributed by atoms with Crippen LogP contribution < -0.4 is 5.32 Å². The van der Waals surface area contributed by atoms with Crippen LogP contribution in [-0.2, 0) is 21.4 Å². The number of nitrogens with zero attached hydrogens (tertiary/aromatic N) is 1. The summed E-state index contributed by atoms with van der Waals surface area (Å²) in [5.74, 6) is -0.0496. The Morgan fingerprint density at radius 3 is 2.39 bits per heavy atom. The largest absolute Gasteiger partial charge is 0.355 e. The minimum atomic E-state index is -3.39. The van der Waals surface area contributed by atoms with Crippen molar-refractivity contribution >= 4 is 27.5 Å². The summed E-state index contributed by atoms with van der Waals surface area (Å²) in [5.41, 5.74) is 0.742. The minimum Gasteiger partial charge on any atom is -0.355 e. The molecule has 23 heavy (non-hydrogen) atoms. The molecule has 0 heterocycles. The van der Waals surface area contributed by atoms with Gasteiger partial charge in [0.25, 0.3) is 0 Å². The van der Waals surface area contributed by atoms with Gasteiger partial charge in [-0.25, -0.2) is 8.42 Å². The van der Waals surface area contributed by atoms with E-state index in [2.05, 4.69) is 5.32 Å². The van der Waals surface area contributed by atoms with Crippen molar-refractivity contribution in [2.75, 3.05) is 19.3 Å². The summed E-state index contributed by atoms with van der Waals surface area (Å²) in [5, 5.41) is 3.34. The maximum atomic E-state index is 11.9. The van der Waals surface area contributed by atoms with Gasteiger partial charge in [0, 0.05) is 30.6 Å². The molecule has 1 aromatic carbocycles. The molecule has 7 heteroatoms. The van der Waals surface area contributed by atoms with Gasteiger partial charge in [-0.3, -0.25) is 4.79 Å². The van der Waals surface area contributed by atoms with Crippen LogP contribution in [0.1, 0.15) is 32.3 Å².